The molecule has 9 heteroatoms. The van der Waals surface area contributed by atoms with Crippen LogP contribution in [0.4, 0.5) is 0 Å². The zero-order valence-electron chi connectivity index (χ0n) is 14.0. The molecule has 3 rings (SSSR count). The maximum Gasteiger partial charge on any atom is 0.277 e. The number of hydrogen-bond donors (Lipinski definition) is 1. The zero-order chi connectivity index (χ0) is 18.7. The van der Waals surface area contributed by atoms with E-state index in [1.807, 2.05) is 13.8 Å². The molecule has 0 fully saturated rings. The van der Waals surface area contributed by atoms with Gasteiger partial charge in [-0.05, 0) is 37.6 Å². The zero-order valence-corrected chi connectivity index (χ0v) is 16.3. The molecule has 1 amide bonds. The molecular weight excluding hydrogens is 397 g/mol. The number of amides is 1. The number of rotatable bonds is 6. The topological polar surface area (TPSA) is 81.2 Å². The van der Waals surface area contributed by atoms with Crippen LogP contribution in [0.3, 0.4) is 0 Å². The van der Waals surface area contributed by atoms with Gasteiger partial charge < -0.3 is 14.2 Å². The highest BCUT2D eigenvalue weighted by Gasteiger charge is 2.16. The standard InChI is InChI=1S/C17H15Cl2N3O3S/c1-9(12-4-3-11(18)7-14(12)19)20-15(23)8-26-17-22-21-16(25-17)13-5-6-24-10(13)2/h3-7,9H,8H2,1-2H3,(H,20,23)/t9-/m0/s1. The first-order valence-corrected chi connectivity index (χ1v) is 9.43. The number of hydrogen-bond acceptors (Lipinski definition) is 6. The van der Waals surface area contributed by atoms with Crippen LogP contribution in [0.25, 0.3) is 11.5 Å². The highest BCUT2D eigenvalue weighted by Crippen LogP contribution is 2.28. The molecule has 0 aliphatic heterocycles. The van der Waals surface area contributed by atoms with E-state index in [1.165, 1.54) is 0 Å². The minimum atomic E-state index is -0.250. The van der Waals surface area contributed by atoms with Crippen molar-refractivity contribution in [1.29, 1.82) is 0 Å². The molecule has 0 aliphatic carbocycles. The van der Waals surface area contributed by atoms with Crippen LogP contribution in [0.5, 0.6) is 0 Å². The van der Waals surface area contributed by atoms with Crippen molar-refractivity contribution < 1.29 is 13.6 Å². The van der Waals surface area contributed by atoms with Crippen LogP contribution in [0.15, 0.2) is 44.6 Å². The lowest BCUT2D eigenvalue weighted by Gasteiger charge is -2.15. The fourth-order valence-electron chi connectivity index (χ4n) is 2.32. The average Bonchev–Trinajstić information content (AvgIpc) is 3.21. The second kappa shape index (κ2) is 8.16. The van der Waals surface area contributed by atoms with Crippen LogP contribution in [-0.4, -0.2) is 21.9 Å². The molecule has 2 heterocycles. The Balaban J connectivity index is 1.56. The van der Waals surface area contributed by atoms with E-state index >= 15 is 0 Å². The second-order valence-corrected chi connectivity index (χ2v) is 7.28. The molecule has 0 unspecified atom stereocenters. The second-order valence-electron chi connectivity index (χ2n) is 5.51. The van der Waals surface area contributed by atoms with E-state index in [0.717, 1.165) is 22.9 Å². The quantitative estimate of drug-likeness (QED) is 0.579. The molecule has 0 aliphatic rings. The van der Waals surface area contributed by atoms with Gasteiger partial charge in [0.1, 0.15) is 5.76 Å². The van der Waals surface area contributed by atoms with Crippen molar-refractivity contribution in [2.24, 2.45) is 0 Å². The third-order valence-electron chi connectivity index (χ3n) is 3.63. The van der Waals surface area contributed by atoms with Crippen LogP contribution < -0.4 is 5.32 Å². The van der Waals surface area contributed by atoms with Gasteiger partial charge in [0.05, 0.1) is 23.6 Å². The van der Waals surface area contributed by atoms with Gasteiger partial charge in [0, 0.05) is 10.0 Å². The summed E-state index contributed by atoms with van der Waals surface area (Å²) in [6, 6.07) is 6.67. The Morgan fingerprint density at radius 3 is 2.81 bits per heavy atom. The first-order chi connectivity index (χ1) is 12.4. The van der Waals surface area contributed by atoms with Crippen molar-refractivity contribution in [2.75, 3.05) is 5.75 Å². The van der Waals surface area contributed by atoms with Crippen LogP contribution in [0, 0.1) is 6.92 Å². The largest absolute Gasteiger partial charge is 0.469 e. The molecule has 136 valence electrons. The number of aromatic nitrogens is 2. The van der Waals surface area contributed by atoms with Crippen molar-refractivity contribution in [3.8, 4) is 11.5 Å². The van der Waals surface area contributed by atoms with Gasteiger partial charge >= 0.3 is 0 Å². The normalized spacial score (nSPS) is 12.2. The molecule has 0 bridgehead atoms. The molecule has 6 nitrogen and oxygen atoms in total. The van der Waals surface area contributed by atoms with Gasteiger partial charge in [0.2, 0.25) is 5.91 Å². The Labute approximate surface area is 164 Å². The molecule has 3 aromatic rings. The summed E-state index contributed by atoms with van der Waals surface area (Å²) in [5, 5.41) is 12.2. The van der Waals surface area contributed by atoms with E-state index in [1.54, 1.807) is 30.5 Å². The summed E-state index contributed by atoms with van der Waals surface area (Å²) in [6.45, 7) is 3.66. The van der Waals surface area contributed by atoms with Gasteiger partial charge in [0.15, 0.2) is 0 Å². The van der Waals surface area contributed by atoms with E-state index < -0.39 is 0 Å². The predicted octanol–water partition coefficient (Wildman–Crippen LogP) is 4.91. The van der Waals surface area contributed by atoms with E-state index in [0.29, 0.717) is 26.9 Å². The van der Waals surface area contributed by atoms with Crippen molar-refractivity contribution in [3.63, 3.8) is 0 Å². The summed E-state index contributed by atoms with van der Waals surface area (Å²) in [5.41, 5.74) is 1.53. The summed E-state index contributed by atoms with van der Waals surface area (Å²) in [6.07, 6.45) is 1.55. The number of carbonyl (C=O) groups excluding carboxylic acids is 1. The first kappa shape index (κ1) is 18.8. The number of carbonyl (C=O) groups is 1. The summed E-state index contributed by atoms with van der Waals surface area (Å²) in [4.78, 5) is 12.2. The number of thioether (sulfide) groups is 1. The molecule has 26 heavy (non-hydrogen) atoms. The Morgan fingerprint density at radius 1 is 1.31 bits per heavy atom. The molecule has 2 aromatic heterocycles. The van der Waals surface area contributed by atoms with Crippen molar-refractivity contribution in [3.05, 3.63) is 51.9 Å². The third kappa shape index (κ3) is 4.41. The molecular formula is C17H15Cl2N3O3S. The number of furan rings is 1. The monoisotopic (exact) mass is 411 g/mol. The lowest BCUT2D eigenvalue weighted by Crippen LogP contribution is -2.28. The minimum Gasteiger partial charge on any atom is -0.469 e. The molecule has 0 radical (unpaired) electrons. The lowest BCUT2D eigenvalue weighted by molar-refractivity contribution is -0.119. The van der Waals surface area contributed by atoms with Gasteiger partial charge in [-0.15, -0.1) is 10.2 Å². The highest BCUT2D eigenvalue weighted by atomic mass is 35.5. The van der Waals surface area contributed by atoms with Crippen molar-refractivity contribution >= 4 is 40.9 Å². The Morgan fingerprint density at radius 2 is 2.12 bits per heavy atom. The highest BCUT2D eigenvalue weighted by molar-refractivity contribution is 7.99. The van der Waals surface area contributed by atoms with Crippen LogP contribution in [-0.2, 0) is 4.79 Å². The SMILES string of the molecule is Cc1occc1-c1nnc(SCC(=O)N[C@@H](C)c2ccc(Cl)cc2Cl)o1. The third-order valence-corrected chi connectivity index (χ3v) is 5.01. The molecule has 0 spiro atoms. The Hall–Kier alpha value is -1.96. The maximum atomic E-state index is 12.2. The minimum absolute atomic E-state index is 0.140. The van der Waals surface area contributed by atoms with Crippen LogP contribution in [0.1, 0.15) is 24.3 Å². The summed E-state index contributed by atoms with van der Waals surface area (Å²) < 4.78 is 10.8. The van der Waals surface area contributed by atoms with Gasteiger partial charge in [-0.2, -0.15) is 0 Å². The van der Waals surface area contributed by atoms with E-state index in [-0.39, 0.29) is 17.7 Å². The molecule has 1 aromatic carbocycles. The van der Waals surface area contributed by atoms with Gasteiger partial charge in [-0.1, -0.05) is 41.0 Å². The maximum absolute atomic E-state index is 12.2. The Bertz CT molecular complexity index is 926. The van der Waals surface area contributed by atoms with Gasteiger partial charge in [-0.25, -0.2) is 0 Å². The Kier molecular flexibility index (Phi) is 5.90. The van der Waals surface area contributed by atoms with Crippen LogP contribution >= 0.6 is 35.0 Å². The number of benzene rings is 1. The fraction of sp³-hybridized carbons (Fsp3) is 0.235. The van der Waals surface area contributed by atoms with E-state index in [2.05, 4.69) is 15.5 Å². The average molecular weight is 412 g/mol. The van der Waals surface area contributed by atoms with E-state index in [4.69, 9.17) is 32.0 Å². The molecule has 1 N–H and O–H groups in total. The van der Waals surface area contributed by atoms with Crippen molar-refractivity contribution in [1.82, 2.24) is 15.5 Å². The smallest absolute Gasteiger partial charge is 0.277 e. The summed E-state index contributed by atoms with van der Waals surface area (Å²) in [5.74, 6) is 1.02. The molecule has 0 saturated heterocycles. The summed E-state index contributed by atoms with van der Waals surface area (Å²) in [7, 11) is 0. The lowest BCUT2D eigenvalue weighted by atomic mass is 10.1. The summed E-state index contributed by atoms with van der Waals surface area (Å²) >= 11 is 13.2. The van der Waals surface area contributed by atoms with Crippen molar-refractivity contribution in [2.45, 2.75) is 25.1 Å². The van der Waals surface area contributed by atoms with E-state index in [9.17, 15) is 4.79 Å². The molecule has 0 saturated carbocycles. The van der Waals surface area contributed by atoms with Crippen LogP contribution in [0.2, 0.25) is 10.0 Å². The fourth-order valence-corrected chi connectivity index (χ4v) is 3.47. The van der Waals surface area contributed by atoms with Gasteiger partial charge in [0.25, 0.3) is 11.1 Å². The molecule has 1 atom stereocenters. The van der Waals surface area contributed by atoms with Gasteiger partial charge in [-0.3, -0.25) is 4.79 Å². The number of aryl methyl sites for hydroxylation is 1. The number of nitrogens with zero attached hydrogens (tertiary/aromatic N) is 2. The number of nitrogens with one attached hydrogen (secondary N) is 1. The first-order valence-electron chi connectivity index (χ1n) is 7.69. The number of halogens is 2. The predicted molar refractivity (Wildman–Crippen MR) is 100 cm³/mol.